The highest BCUT2D eigenvalue weighted by Gasteiger charge is 2.17. The second kappa shape index (κ2) is 6.68. The molecule has 0 aliphatic rings. The van der Waals surface area contributed by atoms with E-state index in [2.05, 4.69) is 15.9 Å². The number of Topliss-reactive ketones (excluding diaryl/α,β-unsaturated/α-hetero) is 1. The van der Waals surface area contributed by atoms with Crippen LogP contribution in [0.3, 0.4) is 0 Å². The quantitative estimate of drug-likeness (QED) is 0.850. The fourth-order valence-corrected chi connectivity index (χ4v) is 2.11. The van der Waals surface area contributed by atoms with Crippen LogP contribution >= 0.6 is 15.9 Å². The molecule has 0 fully saturated rings. The molecule has 2 aromatic rings. The van der Waals surface area contributed by atoms with E-state index in [-0.39, 0.29) is 12.4 Å². The molecule has 0 aliphatic carbocycles. The molecule has 0 aliphatic heterocycles. The van der Waals surface area contributed by atoms with Crippen molar-refractivity contribution in [3.05, 3.63) is 64.1 Å². The van der Waals surface area contributed by atoms with Gasteiger partial charge in [0, 0.05) is 15.6 Å². The van der Waals surface area contributed by atoms with E-state index in [4.69, 9.17) is 4.74 Å². The van der Waals surface area contributed by atoms with Crippen molar-refractivity contribution in [1.29, 1.82) is 0 Å². The molecule has 104 valence electrons. The van der Waals surface area contributed by atoms with Crippen molar-refractivity contribution in [1.82, 2.24) is 0 Å². The Hall–Kier alpha value is -1.65. The van der Waals surface area contributed by atoms with Crippen LogP contribution in [0.15, 0.2) is 53.0 Å². The lowest BCUT2D eigenvalue weighted by Crippen LogP contribution is -2.24. The Morgan fingerprint density at radius 2 is 1.85 bits per heavy atom. The van der Waals surface area contributed by atoms with Gasteiger partial charge in [0.15, 0.2) is 6.10 Å². The summed E-state index contributed by atoms with van der Waals surface area (Å²) in [6, 6.07) is 14.3. The molecule has 1 unspecified atom stereocenters. The van der Waals surface area contributed by atoms with Crippen molar-refractivity contribution in [3.63, 3.8) is 0 Å². The minimum Gasteiger partial charge on any atom is -0.482 e. The number of halogens is 1. The van der Waals surface area contributed by atoms with Crippen LogP contribution in [0.2, 0.25) is 0 Å². The number of ketones is 1. The highest BCUT2D eigenvalue weighted by atomic mass is 79.9. The Morgan fingerprint density at radius 3 is 2.50 bits per heavy atom. The summed E-state index contributed by atoms with van der Waals surface area (Å²) in [4.78, 5) is 12.3. The van der Waals surface area contributed by atoms with E-state index in [1.54, 1.807) is 31.2 Å². The summed E-state index contributed by atoms with van der Waals surface area (Å²) in [7, 11) is 0. The van der Waals surface area contributed by atoms with E-state index >= 15 is 0 Å². The molecule has 0 saturated heterocycles. The van der Waals surface area contributed by atoms with Crippen LogP contribution < -0.4 is 4.74 Å². The van der Waals surface area contributed by atoms with Gasteiger partial charge in [-0.2, -0.15) is 0 Å². The lowest BCUT2D eigenvalue weighted by atomic mass is 10.1. The molecule has 1 N–H and O–H groups in total. The summed E-state index contributed by atoms with van der Waals surface area (Å²) < 4.78 is 6.59. The van der Waals surface area contributed by atoms with E-state index in [9.17, 15) is 9.90 Å². The lowest BCUT2D eigenvalue weighted by Gasteiger charge is -2.16. The molecular formula is C16H15BrO3. The van der Waals surface area contributed by atoms with E-state index in [0.717, 1.165) is 4.47 Å². The van der Waals surface area contributed by atoms with Crippen LogP contribution in [-0.4, -0.2) is 17.0 Å². The molecule has 3 nitrogen and oxygen atoms in total. The second-order valence-corrected chi connectivity index (χ2v) is 5.31. The van der Waals surface area contributed by atoms with Gasteiger partial charge >= 0.3 is 0 Å². The molecule has 2 aromatic carbocycles. The van der Waals surface area contributed by atoms with Gasteiger partial charge < -0.3 is 9.84 Å². The number of rotatable bonds is 5. The maximum Gasteiger partial charge on any atom is 0.202 e. The minimum absolute atomic E-state index is 0.0924. The summed E-state index contributed by atoms with van der Waals surface area (Å²) >= 11 is 3.33. The largest absolute Gasteiger partial charge is 0.482 e. The number of ether oxygens (including phenoxy) is 1. The monoisotopic (exact) mass is 334 g/mol. The molecule has 0 heterocycles. The fourth-order valence-electron chi connectivity index (χ4n) is 1.84. The summed E-state index contributed by atoms with van der Waals surface area (Å²) in [5.41, 5.74) is 1.27. The summed E-state index contributed by atoms with van der Waals surface area (Å²) in [6.45, 7) is 1.59. The lowest BCUT2D eigenvalue weighted by molar-refractivity contribution is 0.0814. The van der Waals surface area contributed by atoms with Crippen molar-refractivity contribution < 1.29 is 14.6 Å². The number of aliphatic hydroxyl groups excluding tert-OH is 1. The van der Waals surface area contributed by atoms with Gasteiger partial charge in [0.2, 0.25) is 5.78 Å². The molecule has 20 heavy (non-hydrogen) atoms. The normalized spacial score (nSPS) is 11.9. The Morgan fingerprint density at radius 1 is 1.20 bits per heavy atom. The molecule has 4 heteroatoms. The van der Waals surface area contributed by atoms with Crippen molar-refractivity contribution in [2.45, 2.75) is 19.6 Å². The number of carbonyl (C=O) groups is 1. The van der Waals surface area contributed by atoms with Crippen LogP contribution in [0, 0.1) is 0 Å². The molecule has 2 rings (SSSR count). The van der Waals surface area contributed by atoms with Crippen LogP contribution in [0.1, 0.15) is 22.8 Å². The van der Waals surface area contributed by atoms with E-state index in [1.165, 1.54) is 0 Å². The Balaban J connectivity index is 2.13. The maximum atomic E-state index is 12.3. The van der Waals surface area contributed by atoms with Gasteiger partial charge in [-0.1, -0.05) is 46.3 Å². The first kappa shape index (κ1) is 14.8. The van der Waals surface area contributed by atoms with Gasteiger partial charge in [-0.15, -0.1) is 0 Å². The van der Waals surface area contributed by atoms with Gasteiger partial charge in [0.05, 0.1) is 6.61 Å². The average molecular weight is 335 g/mol. The smallest absolute Gasteiger partial charge is 0.202 e. The molecule has 0 bridgehead atoms. The van der Waals surface area contributed by atoms with E-state index < -0.39 is 6.10 Å². The highest BCUT2D eigenvalue weighted by molar-refractivity contribution is 9.10. The zero-order chi connectivity index (χ0) is 14.5. The predicted octanol–water partition coefficient (Wildman–Crippen LogP) is 3.59. The zero-order valence-corrected chi connectivity index (χ0v) is 12.6. The second-order valence-electron chi connectivity index (χ2n) is 4.40. The SMILES string of the molecule is CC(Oc1ccccc1CO)C(=O)c1ccc(Br)cc1. The van der Waals surface area contributed by atoms with Crippen LogP contribution in [-0.2, 0) is 6.61 Å². The molecular weight excluding hydrogens is 320 g/mol. The Bertz CT molecular complexity index is 593. The number of carbonyl (C=O) groups excluding carboxylic acids is 1. The summed E-state index contributed by atoms with van der Waals surface area (Å²) in [5.74, 6) is 0.443. The first-order chi connectivity index (χ1) is 9.61. The third kappa shape index (κ3) is 3.46. The van der Waals surface area contributed by atoms with Crippen molar-refractivity contribution in [3.8, 4) is 5.75 Å². The van der Waals surface area contributed by atoms with E-state index in [0.29, 0.717) is 16.9 Å². The molecule has 1 atom stereocenters. The molecule has 0 amide bonds. The topological polar surface area (TPSA) is 46.5 Å². The number of aliphatic hydroxyl groups is 1. The van der Waals surface area contributed by atoms with Crippen molar-refractivity contribution in [2.24, 2.45) is 0 Å². The Labute approximate surface area is 126 Å². The van der Waals surface area contributed by atoms with Crippen molar-refractivity contribution in [2.75, 3.05) is 0 Å². The molecule has 0 aromatic heterocycles. The van der Waals surface area contributed by atoms with Gasteiger partial charge in [0.25, 0.3) is 0 Å². The first-order valence-corrected chi connectivity index (χ1v) is 7.06. The van der Waals surface area contributed by atoms with Crippen LogP contribution in [0.5, 0.6) is 5.75 Å². The number of benzene rings is 2. The van der Waals surface area contributed by atoms with Gasteiger partial charge in [0.1, 0.15) is 5.75 Å². The molecule has 0 radical (unpaired) electrons. The Kier molecular flexibility index (Phi) is 4.93. The van der Waals surface area contributed by atoms with E-state index in [1.807, 2.05) is 24.3 Å². The fraction of sp³-hybridized carbons (Fsp3) is 0.188. The predicted molar refractivity (Wildman–Crippen MR) is 80.9 cm³/mol. The third-order valence-corrected chi connectivity index (χ3v) is 3.47. The molecule has 0 spiro atoms. The van der Waals surface area contributed by atoms with Crippen LogP contribution in [0.4, 0.5) is 0 Å². The zero-order valence-electron chi connectivity index (χ0n) is 11.0. The summed E-state index contributed by atoms with van der Waals surface area (Å²) in [5, 5.41) is 9.25. The average Bonchev–Trinajstić information content (AvgIpc) is 2.48. The molecule has 0 saturated carbocycles. The number of para-hydroxylation sites is 1. The number of hydrogen-bond donors (Lipinski definition) is 1. The van der Waals surface area contributed by atoms with Gasteiger partial charge in [-0.25, -0.2) is 0 Å². The number of hydrogen-bond acceptors (Lipinski definition) is 3. The highest BCUT2D eigenvalue weighted by Crippen LogP contribution is 2.20. The summed E-state index contributed by atoms with van der Waals surface area (Å²) in [6.07, 6.45) is -0.608. The standard InChI is InChI=1S/C16H15BrO3/c1-11(16(19)12-6-8-14(17)9-7-12)20-15-5-3-2-4-13(15)10-18/h2-9,11,18H,10H2,1H3. The minimum atomic E-state index is -0.608. The third-order valence-electron chi connectivity index (χ3n) is 2.94. The van der Waals surface area contributed by atoms with Crippen LogP contribution in [0.25, 0.3) is 0 Å². The van der Waals surface area contributed by atoms with Crippen molar-refractivity contribution >= 4 is 21.7 Å². The maximum absolute atomic E-state index is 12.3. The first-order valence-electron chi connectivity index (χ1n) is 6.27. The van der Waals surface area contributed by atoms with Gasteiger partial charge in [-0.3, -0.25) is 4.79 Å². The van der Waals surface area contributed by atoms with Gasteiger partial charge in [-0.05, 0) is 25.1 Å².